The van der Waals surface area contributed by atoms with Crippen molar-refractivity contribution in [2.24, 2.45) is 0 Å². The fourth-order valence-corrected chi connectivity index (χ4v) is 3.17. The number of amides is 3. The molecule has 1 aromatic heterocycles. The number of carbonyl (C=O) groups excluding carboxylic acids is 2. The average molecular weight is 383 g/mol. The zero-order valence-electron chi connectivity index (χ0n) is 15.6. The van der Waals surface area contributed by atoms with E-state index in [2.05, 4.69) is 15.3 Å². The fourth-order valence-electron chi connectivity index (χ4n) is 3.17. The van der Waals surface area contributed by atoms with Crippen molar-refractivity contribution >= 4 is 17.6 Å². The van der Waals surface area contributed by atoms with Gasteiger partial charge in [0.1, 0.15) is 5.69 Å². The molecule has 1 fully saturated rings. The van der Waals surface area contributed by atoms with Gasteiger partial charge in [-0.05, 0) is 25.5 Å². The molecule has 9 heteroatoms. The summed E-state index contributed by atoms with van der Waals surface area (Å²) >= 11 is 0. The molecule has 0 unspecified atom stereocenters. The first kappa shape index (κ1) is 18.0. The second-order valence-electron chi connectivity index (χ2n) is 6.67. The summed E-state index contributed by atoms with van der Waals surface area (Å²) in [5, 5.41) is 2.88. The molecule has 2 aromatic rings. The SMILES string of the molecule is Cc1cnc(C(=O)N2CCCN(C(=O)Nc3ccc4c(c3)OCO4)CC2)cn1. The summed E-state index contributed by atoms with van der Waals surface area (Å²) in [6.45, 7) is 4.05. The van der Waals surface area contributed by atoms with Crippen LogP contribution in [-0.2, 0) is 0 Å². The van der Waals surface area contributed by atoms with Gasteiger partial charge in [-0.2, -0.15) is 0 Å². The van der Waals surface area contributed by atoms with Gasteiger partial charge in [0.05, 0.1) is 11.9 Å². The minimum atomic E-state index is -0.205. The van der Waals surface area contributed by atoms with Crippen molar-refractivity contribution in [1.82, 2.24) is 19.8 Å². The highest BCUT2D eigenvalue weighted by molar-refractivity contribution is 5.92. The second-order valence-corrected chi connectivity index (χ2v) is 6.67. The van der Waals surface area contributed by atoms with E-state index < -0.39 is 0 Å². The predicted molar refractivity (Wildman–Crippen MR) is 100 cm³/mol. The number of rotatable bonds is 2. The number of hydrogen-bond donors (Lipinski definition) is 1. The maximum absolute atomic E-state index is 12.6. The molecule has 0 saturated carbocycles. The van der Waals surface area contributed by atoms with E-state index in [1.807, 2.05) is 6.92 Å². The van der Waals surface area contributed by atoms with Crippen molar-refractivity contribution in [2.75, 3.05) is 38.3 Å². The molecule has 1 aromatic carbocycles. The van der Waals surface area contributed by atoms with Gasteiger partial charge in [0.15, 0.2) is 11.5 Å². The van der Waals surface area contributed by atoms with E-state index in [9.17, 15) is 9.59 Å². The molecule has 1 N–H and O–H groups in total. The van der Waals surface area contributed by atoms with Gasteiger partial charge < -0.3 is 24.6 Å². The average Bonchev–Trinajstić information content (AvgIpc) is 3.02. The maximum atomic E-state index is 12.6. The van der Waals surface area contributed by atoms with Gasteiger partial charge >= 0.3 is 6.03 Å². The van der Waals surface area contributed by atoms with Crippen molar-refractivity contribution in [3.8, 4) is 11.5 Å². The molecule has 28 heavy (non-hydrogen) atoms. The third kappa shape index (κ3) is 3.83. The van der Waals surface area contributed by atoms with Crippen LogP contribution in [0.25, 0.3) is 0 Å². The van der Waals surface area contributed by atoms with Crippen LogP contribution < -0.4 is 14.8 Å². The molecule has 2 aliphatic heterocycles. The highest BCUT2D eigenvalue weighted by Crippen LogP contribution is 2.34. The lowest BCUT2D eigenvalue weighted by molar-refractivity contribution is 0.0756. The smallest absolute Gasteiger partial charge is 0.321 e. The van der Waals surface area contributed by atoms with E-state index >= 15 is 0 Å². The fraction of sp³-hybridized carbons (Fsp3) is 0.368. The molecule has 4 rings (SSSR count). The number of carbonyl (C=O) groups is 2. The summed E-state index contributed by atoms with van der Waals surface area (Å²) in [5.74, 6) is 1.12. The highest BCUT2D eigenvalue weighted by atomic mass is 16.7. The molecular weight excluding hydrogens is 362 g/mol. The summed E-state index contributed by atoms with van der Waals surface area (Å²) in [7, 11) is 0. The number of nitrogens with zero attached hydrogens (tertiary/aromatic N) is 4. The van der Waals surface area contributed by atoms with Crippen molar-refractivity contribution in [3.63, 3.8) is 0 Å². The Labute approximate surface area is 162 Å². The molecule has 0 bridgehead atoms. The van der Waals surface area contributed by atoms with Crippen LogP contribution in [0, 0.1) is 6.92 Å². The van der Waals surface area contributed by atoms with Crippen LogP contribution in [0.3, 0.4) is 0 Å². The van der Waals surface area contributed by atoms with E-state index in [1.165, 1.54) is 6.20 Å². The Hall–Kier alpha value is -3.36. The summed E-state index contributed by atoms with van der Waals surface area (Å²) < 4.78 is 10.6. The Morgan fingerprint density at radius 3 is 2.61 bits per heavy atom. The first-order valence-electron chi connectivity index (χ1n) is 9.13. The molecule has 0 atom stereocenters. The topological polar surface area (TPSA) is 96.9 Å². The molecule has 2 aliphatic rings. The Morgan fingerprint density at radius 1 is 1.00 bits per heavy atom. The van der Waals surface area contributed by atoms with E-state index in [0.29, 0.717) is 55.5 Å². The van der Waals surface area contributed by atoms with Crippen LogP contribution in [0.15, 0.2) is 30.6 Å². The number of urea groups is 1. The molecule has 3 amide bonds. The Kier molecular flexibility index (Phi) is 4.96. The first-order chi connectivity index (χ1) is 13.6. The van der Waals surface area contributed by atoms with Gasteiger partial charge in [0.2, 0.25) is 6.79 Å². The van der Waals surface area contributed by atoms with Gasteiger partial charge in [-0.15, -0.1) is 0 Å². The van der Waals surface area contributed by atoms with Crippen molar-refractivity contribution in [2.45, 2.75) is 13.3 Å². The standard InChI is InChI=1S/C19H21N5O4/c1-13-10-21-15(11-20-13)18(25)23-5-2-6-24(8-7-23)19(26)22-14-3-4-16-17(9-14)28-12-27-16/h3-4,9-11H,2,5-8,12H2,1H3,(H,22,26). The Balaban J connectivity index is 1.36. The highest BCUT2D eigenvalue weighted by Gasteiger charge is 2.24. The lowest BCUT2D eigenvalue weighted by atomic mass is 10.3. The van der Waals surface area contributed by atoms with Crippen LogP contribution in [0.4, 0.5) is 10.5 Å². The largest absolute Gasteiger partial charge is 0.454 e. The van der Waals surface area contributed by atoms with Gasteiger partial charge in [-0.25, -0.2) is 9.78 Å². The van der Waals surface area contributed by atoms with Gasteiger partial charge in [-0.1, -0.05) is 0 Å². The zero-order chi connectivity index (χ0) is 19.5. The minimum Gasteiger partial charge on any atom is -0.454 e. The summed E-state index contributed by atoms with van der Waals surface area (Å²) in [4.78, 5) is 36.9. The van der Waals surface area contributed by atoms with Gasteiger partial charge in [0, 0.05) is 44.1 Å². The van der Waals surface area contributed by atoms with Crippen LogP contribution in [0.5, 0.6) is 11.5 Å². The van der Waals surface area contributed by atoms with E-state index in [1.54, 1.807) is 34.2 Å². The number of hydrogen-bond acceptors (Lipinski definition) is 6. The predicted octanol–water partition coefficient (Wildman–Crippen LogP) is 1.89. The van der Waals surface area contributed by atoms with E-state index in [4.69, 9.17) is 9.47 Å². The van der Waals surface area contributed by atoms with E-state index in [-0.39, 0.29) is 18.7 Å². The molecule has 146 valence electrons. The van der Waals surface area contributed by atoms with Crippen LogP contribution in [0.2, 0.25) is 0 Å². The molecule has 0 aliphatic carbocycles. The lowest BCUT2D eigenvalue weighted by Gasteiger charge is -2.22. The number of aryl methyl sites for hydroxylation is 1. The third-order valence-corrected chi connectivity index (χ3v) is 4.69. The van der Waals surface area contributed by atoms with Crippen LogP contribution in [0.1, 0.15) is 22.6 Å². The summed E-state index contributed by atoms with van der Waals surface area (Å²) in [6.07, 6.45) is 3.77. The first-order valence-corrected chi connectivity index (χ1v) is 9.13. The zero-order valence-corrected chi connectivity index (χ0v) is 15.6. The number of ether oxygens (including phenoxy) is 2. The number of aromatic nitrogens is 2. The number of benzene rings is 1. The van der Waals surface area contributed by atoms with Gasteiger partial charge in [0.25, 0.3) is 5.91 Å². The van der Waals surface area contributed by atoms with Crippen molar-refractivity contribution < 1.29 is 19.1 Å². The monoisotopic (exact) mass is 383 g/mol. The number of anilines is 1. The molecule has 1 saturated heterocycles. The van der Waals surface area contributed by atoms with E-state index in [0.717, 1.165) is 5.69 Å². The minimum absolute atomic E-state index is 0.162. The summed E-state index contributed by atoms with van der Waals surface area (Å²) in [5.41, 5.74) is 1.73. The number of fused-ring (bicyclic) bond motifs is 1. The summed E-state index contributed by atoms with van der Waals surface area (Å²) in [6, 6.07) is 5.07. The number of nitrogens with one attached hydrogen (secondary N) is 1. The van der Waals surface area contributed by atoms with Gasteiger partial charge in [-0.3, -0.25) is 9.78 Å². The normalized spacial score (nSPS) is 15.9. The Bertz CT molecular complexity index is 886. The van der Waals surface area contributed by atoms with Crippen LogP contribution >= 0.6 is 0 Å². The molecule has 9 nitrogen and oxygen atoms in total. The second kappa shape index (κ2) is 7.71. The molecule has 3 heterocycles. The molecular formula is C19H21N5O4. The lowest BCUT2D eigenvalue weighted by Crippen LogP contribution is -2.39. The van der Waals surface area contributed by atoms with Crippen molar-refractivity contribution in [3.05, 3.63) is 42.0 Å². The molecule has 0 radical (unpaired) electrons. The Morgan fingerprint density at radius 2 is 1.79 bits per heavy atom. The maximum Gasteiger partial charge on any atom is 0.321 e. The van der Waals surface area contributed by atoms with Crippen molar-refractivity contribution in [1.29, 1.82) is 0 Å². The van der Waals surface area contributed by atoms with Crippen LogP contribution in [-0.4, -0.2) is 64.7 Å². The quantitative estimate of drug-likeness (QED) is 0.851. The third-order valence-electron chi connectivity index (χ3n) is 4.69. The molecule has 0 spiro atoms.